The number of amides is 2. The molecule has 2 N–H and O–H groups in total. The number of hydrogen-bond donors (Lipinski definition) is 2. The maximum Gasteiger partial charge on any atom is 0.240 e. The number of rotatable bonds is 5. The standard InChI is InChI=1S/C19H17ClN4O2S/c1-12-2-8-15(9-3-12)22-17(25)10-16-18(26)23-19(27-16)24-21-11-13-4-6-14(20)7-5-13/h2-9,11,16H,10H2,1H3,(H,22,25)(H,23,24,26). The van der Waals surface area contributed by atoms with Gasteiger partial charge in [-0.15, -0.1) is 5.10 Å². The highest BCUT2D eigenvalue weighted by Gasteiger charge is 2.32. The van der Waals surface area contributed by atoms with Gasteiger partial charge in [0.1, 0.15) is 5.25 Å². The number of aryl methyl sites for hydroxylation is 1. The number of nitrogens with one attached hydrogen (secondary N) is 2. The SMILES string of the molecule is Cc1ccc(NC(=O)CC2SC(=NN=Cc3ccc(Cl)cc3)NC2=O)cc1. The van der Waals surface area contributed by atoms with Crippen molar-refractivity contribution in [1.29, 1.82) is 0 Å². The van der Waals surface area contributed by atoms with E-state index in [9.17, 15) is 9.59 Å². The highest BCUT2D eigenvalue weighted by Crippen LogP contribution is 2.23. The molecule has 0 saturated carbocycles. The van der Waals surface area contributed by atoms with Gasteiger partial charge in [0.2, 0.25) is 11.8 Å². The first-order valence-corrected chi connectivity index (χ1v) is 9.46. The molecule has 1 aliphatic heterocycles. The average molecular weight is 401 g/mol. The molecule has 8 heteroatoms. The van der Waals surface area contributed by atoms with Crippen LogP contribution in [0, 0.1) is 6.92 Å². The van der Waals surface area contributed by atoms with Crippen molar-refractivity contribution in [3.63, 3.8) is 0 Å². The largest absolute Gasteiger partial charge is 0.326 e. The summed E-state index contributed by atoms with van der Waals surface area (Å²) in [6.45, 7) is 1.97. The zero-order valence-corrected chi connectivity index (χ0v) is 16.1. The van der Waals surface area contributed by atoms with Crippen LogP contribution in [0.25, 0.3) is 0 Å². The van der Waals surface area contributed by atoms with Gasteiger partial charge in [-0.25, -0.2) is 0 Å². The van der Waals surface area contributed by atoms with Crippen LogP contribution in [0.1, 0.15) is 17.5 Å². The Hall–Kier alpha value is -2.64. The molecule has 0 aromatic heterocycles. The molecule has 0 radical (unpaired) electrons. The van der Waals surface area contributed by atoms with E-state index >= 15 is 0 Å². The molecule has 1 fully saturated rings. The molecule has 1 saturated heterocycles. The second-order valence-corrected chi connectivity index (χ2v) is 7.54. The maximum absolute atomic E-state index is 12.1. The summed E-state index contributed by atoms with van der Waals surface area (Å²) in [6.07, 6.45) is 1.62. The van der Waals surface area contributed by atoms with E-state index in [2.05, 4.69) is 20.8 Å². The molecule has 0 spiro atoms. The van der Waals surface area contributed by atoms with Crippen LogP contribution in [0.4, 0.5) is 5.69 Å². The molecule has 138 valence electrons. The Morgan fingerprint density at radius 2 is 1.93 bits per heavy atom. The van der Waals surface area contributed by atoms with Gasteiger partial charge in [-0.05, 0) is 36.8 Å². The number of halogens is 1. The zero-order valence-electron chi connectivity index (χ0n) is 14.5. The van der Waals surface area contributed by atoms with Gasteiger partial charge in [0.15, 0.2) is 5.17 Å². The van der Waals surface area contributed by atoms with Crippen molar-refractivity contribution in [2.75, 3.05) is 5.32 Å². The molecule has 0 aliphatic carbocycles. The summed E-state index contributed by atoms with van der Waals surface area (Å²) in [4.78, 5) is 24.2. The number of anilines is 1. The summed E-state index contributed by atoms with van der Waals surface area (Å²) < 4.78 is 0. The normalized spacial score (nSPS) is 18.1. The first-order valence-electron chi connectivity index (χ1n) is 8.20. The smallest absolute Gasteiger partial charge is 0.240 e. The summed E-state index contributed by atoms with van der Waals surface area (Å²) in [7, 11) is 0. The van der Waals surface area contributed by atoms with Crippen molar-refractivity contribution in [3.05, 3.63) is 64.7 Å². The second-order valence-electron chi connectivity index (χ2n) is 5.92. The average Bonchev–Trinajstić information content (AvgIpc) is 2.98. The van der Waals surface area contributed by atoms with Crippen LogP contribution >= 0.6 is 23.4 Å². The van der Waals surface area contributed by atoms with E-state index in [4.69, 9.17) is 11.6 Å². The minimum absolute atomic E-state index is 0.0598. The lowest BCUT2D eigenvalue weighted by atomic mass is 10.2. The molecule has 2 aromatic rings. The lowest BCUT2D eigenvalue weighted by Crippen LogP contribution is -2.28. The van der Waals surface area contributed by atoms with Gasteiger partial charge in [-0.2, -0.15) is 5.10 Å². The molecular weight excluding hydrogens is 384 g/mol. The monoisotopic (exact) mass is 400 g/mol. The van der Waals surface area contributed by atoms with E-state index in [0.717, 1.165) is 11.1 Å². The summed E-state index contributed by atoms with van der Waals surface area (Å²) in [5.74, 6) is -0.475. The highest BCUT2D eigenvalue weighted by molar-refractivity contribution is 8.15. The Bertz CT molecular complexity index is 895. The van der Waals surface area contributed by atoms with Crippen LogP contribution in [0.3, 0.4) is 0 Å². The quantitative estimate of drug-likeness (QED) is 0.594. The summed E-state index contributed by atoms with van der Waals surface area (Å²) in [5, 5.41) is 13.9. The van der Waals surface area contributed by atoms with Crippen LogP contribution in [0.5, 0.6) is 0 Å². The van der Waals surface area contributed by atoms with Gasteiger partial charge in [-0.1, -0.05) is 53.2 Å². The summed E-state index contributed by atoms with van der Waals surface area (Å²) >= 11 is 7.02. The molecule has 1 unspecified atom stereocenters. The number of amidine groups is 1. The maximum atomic E-state index is 12.1. The molecule has 3 rings (SSSR count). The lowest BCUT2D eigenvalue weighted by Gasteiger charge is -2.07. The Kier molecular flexibility index (Phi) is 6.26. The van der Waals surface area contributed by atoms with Crippen molar-refractivity contribution in [3.8, 4) is 0 Å². The number of hydrogen-bond acceptors (Lipinski definition) is 5. The third-order valence-electron chi connectivity index (χ3n) is 3.71. The molecule has 6 nitrogen and oxygen atoms in total. The predicted molar refractivity (Wildman–Crippen MR) is 110 cm³/mol. The van der Waals surface area contributed by atoms with Crippen LogP contribution in [0.2, 0.25) is 5.02 Å². The molecule has 0 bridgehead atoms. The second kappa shape index (κ2) is 8.83. The number of carbonyl (C=O) groups excluding carboxylic acids is 2. The molecule has 2 aromatic carbocycles. The van der Waals surface area contributed by atoms with Crippen molar-refractivity contribution in [1.82, 2.24) is 5.32 Å². The van der Waals surface area contributed by atoms with Crippen LogP contribution in [-0.2, 0) is 9.59 Å². The van der Waals surface area contributed by atoms with Crippen LogP contribution in [-0.4, -0.2) is 28.4 Å². The summed E-state index contributed by atoms with van der Waals surface area (Å²) in [6, 6.07) is 14.6. The fraction of sp³-hybridized carbons (Fsp3) is 0.158. The van der Waals surface area contributed by atoms with Gasteiger partial charge in [-0.3, -0.25) is 9.59 Å². The number of nitrogens with zero attached hydrogens (tertiary/aromatic N) is 2. The Morgan fingerprint density at radius 3 is 2.63 bits per heavy atom. The predicted octanol–water partition coefficient (Wildman–Crippen LogP) is 3.60. The van der Waals surface area contributed by atoms with Gasteiger partial charge in [0, 0.05) is 17.1 Å². The molecule has 1 atom stereocenters. The van der Waals surface area contributed by atoms with Crippen LogP contribution in [0.15, 0.2) is 58.7 Å². The highest BCUT2D eigenvalue weighted by atomic mass is 35.5. The molecular formula is C19H17ClN4O2S. The third kappa shape index (κ3) is 5.67. The minimum Gasteiger partial charge on any atom is -0.326 e. The van der Waals surface area contributed by atoms with Gasteiger partial charge < -0.3 is 10.6 Å². The van der Waals surface area contributed by atoms with E-state index in [1.165, 1.54) is 11.8 Å². The topological polar surface area (TPSA) is 82.9 Å². The van der Waals surface area contributed by atoms with Crippen molar-refractivity contribution in [2.45, 2.75) is 18.6 Å². The molecule has 2 amide bonds. The van der Waals surface area contributed by atoms with Crippen LogP contribution < -0.4 is 10.6 Å². The van der Waals surface area contributed by atoms with E-state index in [-0.39, 0.29) is 18.2 Å². The number of benzene rings is 2. The van der Waals surface area contributed by atoms with Gasteiger partial charge in [0.05, 0.1) is 6.21 Å². The Morgan fingerprint density at radius 1 is 1.22 bits per heavy atom. The van der Waals surface area contributed by atoms with E-state index in [0.29, 0.717) is 15.9 Å². The molecule has 1 heterocycles. The zero-order chi connectivity index (χ0) is 19.2. The van der Waals surface area contributed by atoms with Gasteiger partial charge >= 0.3 is 0 Å². The first kappa shape index (κ1) is 19.1. The number of carbonyl (C=O) groups is 2. The number of thioether (sulfide) groups is 1. The molecule has 1 aliphatic rings. The lowest BCUT2D eigenvalue weighted by molar-refractivity contribution is -0.122. The van der Waals surface area contributed by atoms with E-state index in [1.807, 2.05) is 43.3 Å². The van der Waals surface area contributed by atoms with Gasteiger partial charge in [0.25, 0.3) is 0 Å². The minimum atomic E-state index is -0.528. The fourth-order valence-electron chi connectivity index (χ4n) is 2.30. The van der Waals surface area contributed by atoms with E-state index < -0.39 is 5.25 Å². The fourth-order valence-corrected chi connectivity index (χ4v) is 3.35. The molecule has 27 heavy (non-hydrogen) atoms. The Balaban J connectivity index is 1.54. The van der Waals surface area contributed by atoms with Crippen molar-refractivity contribution < 1.29 is 9.59 Å². The third-order valence-corrected chi connectivity index (χ3v) is 5.03. The van der Waals surface area contributed by atoms with Crippen molar-refractivity contribution >= 4 is 52.2 Å². The van der Waals surface area contributed by atoms with E-state index in [1.54, 1.807) is 18.3 Å². The first-order chi connectivity index (χ1) is 13.0. The van der Waals surface area contributed by atoms with Crippen molar-refractivity contribution in [2.24, 2.45) is 10.2 Å². The Labute approximate surface area is 166 Å². The summed E-state index contributed by atoms with van der Waals surface area (Å²) in [5.41, 5.74) is 2.65.